The van der Waals surface area contributed by atoms with Crippen LogP contribution in [0.1, 0.15) is 44.2 Å². The van der Waals surface area contributed by atoms with Gasteiger partial charge in [-0.1, -0.05) is 32.3 Å². The molecule has 0 radical (unpaired) electrons. The second kappa shape index (κ2) is 7.60. The van der Waals surface area contributed by atoms with Gasteiger partial charge in [-0.2, -0.15) is 4.39 Å². The SMILES string of the molecule is CCCCC[C@@H](N)c1cccnc1F.Cl. The molecule has 0 aliphatic carbocycles. The van der Waals surface area contributed by atoms with Crippen molar-refractivity contribution in [3.8, 4) is 0 Å². The molecule has 2 N–H and O–H groups in total. The van der Waals surface area contributed by atoms with Gasteiger partial charge < -0.3 is 5.73 Å². The smallest absolute Gasteiger partial charge is 0.217 e. The van der Waals surface area contributed by atoms with E-state index in [1.54, 1.807) is 12.1 Å². The molecule has 0 spiro atoms. The molecule has 0 aliphatic heterocycles. The molecular formula is C11H18ClFN2. The summed E-state index contributed by atoms with van der Waals surface area (Å²) in [5.74, 6) is -0.434. The van der Waals surface area contributed by atoms with Crippen molar-refractivity contribution in [3.05, 3.63) is 29.8 Å². The van der Waals surface area contributed by atoms with Crippen molar-refractivity contribution in [2.24, 2.45) is 5.73 Å². The summed E-state index contributed by atoms with van der Waals surface area (Å²) in [7, 11) is 0. The molecule has 0 aliphatic rings. The lowest BCUT2D eigenvalue weighted by atomic mass is 10.0. The Hall–Kier alpha value is -0.670. The fourth-order valence-corrected chi connectivity index (χ4v) is 1.44. The lowest BCUT2D eigenvalue weighted by molar-refractivity contribution is 0.517. The third-order valence-electron chi connectivity index (χ3n) is 2.31. The summed E-state index contributed by atoms with van der Waals surface area (Å²) in [4.78, 5) is 3.58. The van der Waals surface area contributed by atoms with Crippen molar-refractivity contribution in [3.63, 3.8) is 0 Å². The van der Waals surface area contributed by atoms with Crippen molar-refractivity contribution in [1.29, 1.82) is 0 Å². The highest BCUT2D eigenvalue weighted by Crippen LogP contribution is 2.18. The van der Waals surface area contributed by atoms with Gasteiger partial charge in [0.05, 0.1) is 0 Å². The van der Waals surface area contributed by atoms with Crippen molar-refractivity contribution >= 4 is 12.4 Å². The average Bonchev–Trinajstić information content (AvgIpc) is 2.18. The van der Waals surface area contributed by atoms with Gasteiger partial charge in [-0.15, -0.1) is 12.4 Å². The van der Waals surface area contributed by atoms with Crippen LogP contribution in [0.25, 0.3) is 0 Å². The Morgan fingerprint density at radius 2 is 2.20 bits per heavy atom. The minimum Gasteiger partial charge on any atom is -0.324 e. The highest BCUT2D eigenvalue weighted by molar-refractivity contribution is 5.85. The van der Waals surface area contributed by atoms with E-state index in [1.807, 2.05) is 0 Å². The van der Waals surface area contributed by atoms with E-state index in [9.17, 15) is 4.39 Å². The standard InChI is InChI=1S/C11H17FN2.ClH/c1-2-3-4-7-10(13)9-6-5-8-14-11(9)12;/h5-6,8,10H,2-4,7,13H2,1H3;1H/t10-;/m1./s1. The molecule has 2 nitrogen and oxygen atoms in total. The molecule has 1 rings (SSSR count). The molecule has 15 heavy (non-hydrogen) atoms. The predicted octanol–water partition coefficient (Wildman–Crippen LogP) is 3.22. The molecule has 1 aromatic rings. The minimum absolute atomic E-state index is 0. The summed E-state index contributed by atoms with van der Waals surface area (Å²) in [6.45, 7) is 2.14. The van der Waals surface area contributed by atoms with E-state index in [2.05, 4.69) is 11.9 Å². The Morgan fingerprint density at radius 3 is 2.80 bits per heavy atom. The van der Waals surface area contributed by atoms with Crippen LogP contribution in [0.15, 0.2) is 18.3 Å². The van der Waals surface area contributed by atoms with E-state index >= 15 is 0 Å². The van der Waals surface area contributed by atoms with Gasteiger partial charge in [0.2, 0.25) is 5.95 Å². The molecule has 1 atom stereocenters. The van der Waals surface area contributed by atoms with Crippen LogP contribution in [0, 0.1) is 5.95 Å². The van der Waals surface area contributed by atoms with Crippen LogP contribution < -0.4 is 5.73 Å². The largest absolute Gasteiger partial charge is 0.324 e. The van der Waals surface area contributed by atoms with E-state index in [0.717, 1.165) is 25.7 Å². The normalized spacial score (nSPS) is 11.9. The Kier molecular flexibility index (Phi) is 7.26. The maximum Gasteiger partial charge on any atom is 0.217 e. The summed E-state index contributed by atoms with van der Waals surface area (Å²) in [6, 6.07) is 3.21. The van der Waals surface area contributed by atoms with E-state index < -0.39 is 5.95 Å². The molecule has 0 amide bonds. The van der Waals surface area contributed by atoms with E-state index in [-0.39, 0.29) is 18.4 Å². The number of hydrogen-bond donors (Lipinski definition) is 1. The maximum absolute atomic E-state index is 13.2. The lowest BCUT2D eigenvalue weighted by Crippen LogP contribution is -2.12. The molecule has 86 valence electrons. The van der Waals surface area contributed by atoms with E-state index in [1.165, 1.54) is 6.20 Å². The number of aromatic nitrogens is 1. The van der Waals surface area contributed by atoms with Crippen LogP contribution in [0.4, 0.5) is 4.39 Å². The van der Waals surface area contributed by atoms with Crippen molar-refractivity contribution in [1.82, 2.24) is 4.98 Å². The van der Waals surface area contributed by atoms with Gasteiger partial charge >= 0.3 is 0 Å². The zero-order chi connectivity index (χ0) is 10.4. The fourth-order valence-electron chi connectivity index (χ4n) is 1.44. The number of rotatable bonds is 5. The monoisotopic (exact) mass is 232 g/mol. The molecule has 1 aromatic heterocycles. The van der Waals surface area contributed by atoms with E-state index in [4.69, 9.17) is 5.73 Å². The van der Waals surface area contributed by atoms with Crippen molar-refractivity contribution in [2.75, 3.05) is 0 Å². The topological polar surface area (TPSA) is 38.9 Å². The van der Waals surface area contributed by atoms with Gasteiger partial charge in [0.15, 0.2) is 0 Å². The van der Waals surface area contributed by atoms with Crippen LogP contribution in [-0.4, -0.2) is 4.98 Å². The Labute approximate surface area is 96.5 Å². The summed E-state index contributed by atoms with van der Waals surface area (Å²) < 4.78 is 13.2. The van der Waals surface area contributed by atoms with Crippen molar-refractivity contribution < 1.29 is 4.39 Å². The third-order valence-corrected chi connectivity index (χ3v) is 2.31. The Bertz CT molecular complexity index is 281. The van der Waals surface area contributed by atoms with Gasteiger partial charge in [-0.05, 0) is 12.5 Å². The van der Waals surface area contributed by atoms with Crippen molar-refractivity contribution in [2.45, 2.75) is 38.6 Å². The average molecular weight is 233 g/mol. The van der Waals surface area contributed by atoms with Crippen LogP contribution in [0.5, 0.6) is 0 Å². The van der Waals surface area contributed by atoms with Gasteiger partial charge in [-0.3, -0.25) is 0 Å². The van der Waals surface area contributed by atoms with Gasteiger partial charge in [0, 0.05) is 17.8 Å². The first-order valence-corrected chi connectivity index (χ1v) is 5.11. The summed E-state index contributed by atoms with van der Waals surface area (Å²) in [6.07, 6.45) is 5.62. The zero-order valence-electron chi connectivity index (χ0n) is 8.95. The molecule has 0 saturated carbocycles. The molecule has 0 unspecified atom stereocenters. The third kappa shape index (κ3) is 4.58. The molecule has 1 heterocycles. The summed E-state index contributed by atoms with van der Waals surface area (Å²) in [5, 5.41) is 0. The number of halogens is 2. The molecule has 0 bridgehead atoms. The highest BCUT2D eigenvalue weighted by atomic mass is 35.5. The zero-order valence-corrected chi connectivity index (χ0v) is 9.77. The first-order chi connectivity index (χ1) is 6.75. The highest BCUT2D eigenvalue weighted by Gasteiger charge is 2.10. The summed E-state index contributed by atoms with van der Waals surface area (Å²) >= 11 is 0. The minimum atomic E-state index is -0.434. The van der Waals surface area contributed by atoms with Crippen LogP contribution in [-0.2, 0) is 0 Å². The maximum atomic E-state index is 13.2. The van der Waals surface area contributed by atoms with Crippen LogP contribution in [0.3, 0.4) is 0 Å². The molecule has 0 saturated heterocycles. The van der Waals surface area contributed by atoms with E-state index in [0.29, 0.717) is 5.56 Å². The second-order valence-corrected chi connectivity index (χ2v) is 3.49. The first-order valence-electron chi connectivity index (χ1n) is 5.11. The number of nitrogens with zero attached hydrogens (tertiary/aromatic N) is 1. The van der Waals surface area contributed by atoms with Gasteiger partial charge in [0.25, 0.3) is 0 Å². The number of nitrogens with two attached hydrogens (primary N) is 1. The first kappa shape index (κ1) is 14.3. The Balaban J connectivity index is 0.00000196. The second-order valence-electron chi connectivity index (χ2n) is 3.49. The number of unbranched alkanes of at least 4 members (excludes halogenated alkanes) is 2. The van der Waals surface area contributed by atoms with Crippen LogP contribution >= 0.6 is 12.4 Å². The number of hydrogen-bond acceptors (Lipinski definition) is 2. The van der Waals surface area contributed by atoms with Gasteiger partial charge in [-0.25, -0.2) is 4.98 Å². The van der Waals surface area contributed by atoms with Crippen LogP contribution in [0.2, 0.25) is 0 Å². The fraction of sp³-hybridized carbons (Fsp3) is 0.545. The molecular weight excluding hydrogens is 215 g/mol. The quantitative estimate of drug-likeness (QED) is 0.625. The predicted molar refractivity (Wildman–Crippen MR) is 62.5 cm³/mol. The molecule has 4 heteroatoms. The molecule has 0 aromatic carbocycles. The number of pyridine rings is 1. The Morgan fingerprint density at radius 1 is 1.47 bits per heavy atom. The summed E-state index contributed by atoms with van der Waals surface area (Å²) in [5.41, 5.74) is 6.39. The lowest BCUT2D eigenvalue weighted by Gasteiger charge is -2.11. The van der Waals surface area contributed by atoms with Gasteiger partial charge in [0.1, 0.15) is 0 Å². The molecule has 0 fully saturated rings.